The average molecular weight is 380 g/mol. The van der Waals surface area contributed by atoms with Crippen LogP contribution in [0.1, 0.15) is 27.8 Å². The molecule has 2 N–H and O–H groups in total. The third-order valence-electron chi connectivity index (χ3n) is 3.62. The number of hydrogen-bond donors (Lipinski definition) is 2. The van der Waals surface area contributed by atoms with Gasteiger partial charge in [-0.05, 0) is 55.5 Å². The number of carbonyl (C=O) groups is 2. The molecule has 0 fully saturated rings. The Kier molecular flexibility index (Phi) is 5.91. The molecule has 0 bridgehead atoms. The third-order valence-corrected chi connectivity index (χ3v) is 3.62. The Balaban J connectivity index is 1.69. The molecule has 0 unspecified atom stereocenters. The SMILES string of the molecule is CCOC(=O)c1ccc(Nc2nccc(C(=O)Nc3cccc(F)c3)n2)cc1. The Morgan fingerprint density at radius 3 is 2.57 bits per heavy atom. The van der Waals surface area contributed by atoms with Crippen molar-refractivity contribution in [2.45, 2.75) is 6.92 Å². The standard InChI is InChI=1S/C20H17FN4O3/c1-2-28-19(27)13-6-8-15(9-7-13)24-20-22-11-10-17(25-20)18(26)23-16-5-3-4-14(21)12-16/h3-12H,2H2,1H3,(H,23,26)(H,22,24,25). The van der Waals surface area contributed by atoms with E-state index in [4.69, 9.17) is 4.74 Å². The maximum atomic E-state index is 13.2. The van der Waals surface area contributed by atoms with Gasteiger partial charge in [0.05, 0.1) is 12.2 Å². The summed E-state index contributed by atoms with van der Waals surface area (Å²) < 4.78 is 18.2. The van der Waals surface area contributed by atoms with E-state index in [1.54, 1.807) is 37.3 Å². The van der Waals surface area contributed by atoms with Gasteiger partial charge in [-0.25, -0.2) is 19.2 Å². The lowest BCUT2D eigenvalue weighted by atomic mass is 10.2. The van der Waals surface area contributed by atoms with E-state index >= 15 is 0 Å². The second-order valence-electron chi connectivity index (χ2n) is 5.65. The third kappa shape index (κ3) is 4.88. The molecule has 1 heterocycles. The van der Waals surface area contributed by atoms with Crippen LogP contribution in [0.5, 0.6) is 0 Å². The zero-order chi connectivity index (χ0) is 19.9. The highest BCUT2D eigenvalue weighted by molar-refractivity contribution is 6.03. The van der Waals surface area contributed by atoms with E-state index in [-0.39, 0.29) is 11.6 Å². The first-order valence-electron chi connectivity index (χ1n) is 8.49. The Bertz CT molecular complexity index is 993. The van der Waals surface area contributed by atoms with Crippen molar-refractivity contribution < 1.29 is 18.7 Å². The predicted molar refractivity (Wildman–Crippen MR) is 102 cm³/mol. The lowest BCUT2D eigenvalue weighted by Gasteiger charge is -2.08. The number of carbonyl (C=O) groups excluding carboxylic acids is 2. The smallest absolute Gasteiger partial charge is 0.338 e. The molecule has 0 radical (unpaired) electrons. The predicted octanol–water partition coefficient (Wildman–Crippen LogP) is 3.79. The summed E-state index contributed by atoms with van der Waals surface area (Å²) in [6.07, 6.45) is 1.43. The van der Waals surface area contributed by atoms with Gasteiger partial charge in [-0.2, -0.15) is 0 Å². The first-order valence-corrected chi connectivity index (χ1v) is 8.49. The van der Waals surface area contributed by atoms with E-state index in [1.165, 1.54) is 30.5 Å². The molecule has 0 aliphatic rings. The number of anilines is 3. The van der Waals surface area contributed by atoms with Crippen LogP contribution in [0.2, 0.25) is 0 Å². The van der Waals surface area contributed by atoms with Gasteiger partial charge in [0, 0.05) is 17.6 Å². The maximum absolute atomic E-state index is 13.2. The summed E-state index contributed by atoms with van der Waals surface area (Å²) >= 11 is 0. The number of benzene rings is 2. The largest absolute Gasteiger partial charge is 0.462 e. The fraction of sp³-hybridized carbons (Fsp3) is 0.100. The van der Waals surface area contributed by atoms with Gasteiger partial charge < -0.3 is 15.4 Å². The molecule has 1 aromatic heterocycles. The van der Waals surface area contributed by atoms with Gasteiger partial charge in [-0.1, -0.05) is 6.07 Å². The number of halogens is 1. The summed E-state index contributed by atoms with van der Waals surface area (Å²) in [5.74, 6) is -1.14. The fourth-order valence-corrected chi connectivity index (χ4v) is 2.34. The van der Waals surface area contributed by atoms with Crippen LogP contribution in [0.25, 0.3) is 0 Å². The highest BCUT2D eigenvalue weighted by atomic mass is 19.1. The van der Waals surface area contributed by atoms with Crippen LogP contribution in [0.4, 0.5) is 21.7 Å². The minimum absolute atomic E-state index is 0.116. The minimum atomic E-state index is -0.492. The number of esters is 1. The summed E-state index contributed by atoms with van der Waals surface area (Å²) in [6.45, 7) is 2.04. The summed E-state index contributed by atoms with van der Waals surface area (Å²) in [5, 5.41) is 5.53. The molecule has 2 aromatic carbocycles. The second kappa shape index (κ2) is 8.72. The molecule has 7 nitrogen and oxygen atoms in total. The number of ether oxygens (including phenoxy) is 1. The second-order valence-corrected chi connectivity index (χ2v) is 5.65. The van der Waals surface area contributed by atoms with Gasteiger partial charge in [0.25, 0.3) is 5.91 Å². The first kappa shape index (κ1) is 19.0. The summed E-state index contributed by atoms with van der Waals surface area (Å²) in [5.41, 5.74) is 1.50. The Labute approximate surface area is 160 Å². The fourth-order valence-electron chi connectivity index (χ4n) is 2.34. The lowest BCUT2D eigenvalue weighted by molar-refractivity contribution is 0.0526. The monoisotopic (exact) mass is 380 g/mol. The first-order chi connectivity index (χ1) is 13.5. The van der Waals surface area contributed by atoms with Crippen molar-refractivity contribution in [3.8, 4) is 0 Å². The average Bonchev–Trinajstić information content (AvgIpc) is 2.69. The van der Waals surface area contributed by atoms with Crippen molar-refractivity contribution in [3.05, 3.63) is 77.9 Å². The molecule has 0 aliphatic heterocycles. The summed E-state index contributed by atoms with van der Waals surface area (Å²) in [7, 11) is 0. The molecule has 8 heteroatoms. The zero-order valence-electron chi connectivity index (χ0n) is 15.0. The van der Waals surface area contributed by atoms with Crippen LogP contribution in [0.15, 0.2) is 60.8 Å². The zero-order valence-corrected chi connectivity index (χ0v) is 15.0. The Morgan fingerprint density at radius 2 is 1.86 bits per heavy atom. The number of rotatable bonds is 6. The van der Waals surface area contributed by atoms with Gasteiger partial charge in [0.2, 0.25) is 5.95 Å². The van der Waals surface area contributed by atoms with Crippen molar-refractivity contribution in [2.24, 2.45) is 0 Å². The minimum Gasteiger partial charge on any atom is -0.462 e. The molecule has 0 saturated heterocycles. The van der Waals surface area contributed by atoms with E-state index in [0.717, 1.165) is 0 Å². The van der Waals surface area contributed by atoms with E-state index in [1.807, 2.05) is 0 Å². The van der Waals surface area contributed by atoms with Crippen LogP contribution in [-0.2, 0) is 4.74 Å². The lowest BCUT2D eigenvalue weighted by Crippen LogP contribution is -2.14. The molecule has 0 spiro atoms. The maximum Gasteiger partial charge on any atom is 0.338 e. The summed E-state index contributed by atoms with van der Waals surface area (Å²) in [6, 6.07) is 13.6. The molecule has 1 amide bonds. The molecule has 3 rings (SSSR count). The van der Waals surface area contributed by atoms with E-state index in [9.17, 15) is 14.0 Å². The quantitative estimate of drug-likeness (QED) is 0.632. The van der Waals surface area contributed by atoms with E-state index in [0.29, 0.717) is 23.5 Å². The molecule has 28 heavy (non-hydrogen) atoms. The molecule has 0 saturated carbocycles. The van der Waals surface area contributed by atoms with Crippen LogP contribution in [0.3, 0.4) is 0 Å². The van der Waals surface area contributed by atoms with Crippen molar-refractivity contribution >= 4 is 29.2 Å². The van der Waals surface area contributed by atoms with E-state index in [2.05, 4.69) is 20.6 Å². The highest BCUT2D eigenvalue weighted by Gasteiger charge is 2.11. The number of hydrogen-bond acceptors (Lipinski definition) is 6. The van der Waals surface area contributed by atoms with Gasteiger partial charge in [0.1, 0.15) is 11.5 Å². The van der Waals surface area contributed by atoms with Crippen LogP contribution >= 0.6 is 0 Å². The molecule has 0 atom stereocenters. The summed E-state index contributed by atoms with van der Waals surface area (Å²) in [4.78, 5) is 32.2. The van der Waals surface area contributed by atoms with Gasteiger partial charge in [-0.15, -0.1) is 0 Å². The Hall–Kier alpha value is -3.81. The van der Waals surface area contributed by atoms with Crippen molar-refractivity contribution in [2.75, 3.05) is 17.2 Å². The van der Waals surface area contributed by atoms with E-state index < -0.39 is 17.7 Å². The van der Waals surface area contributed by atoms with Crippen LogP contribution in [-0.4, -0.2) is 28.5 Å². The van der Waals surface area contributed by atoms with Crippen molar-refractivity contribution in [1.29, 1.82) is 0 Å². The molecule has 142 valence electrons. The number of nitrogens with one attached hydrogen (secondary N) is 2. The van der Waals surface area contributed by atoms with Crippen LogP contribution < -0.4 is 10.6 Å². The molecule has 3 aromatic rings. The Morgan fingerprint density at radius 1 is 1.07 bits per heavy atom. The highest BCUT2D eigenvalue weighted by Crippen LogP contribution is 2.16. The van der Waals surface area contributed by atoms with Gasteiger partial charge in [0.15, 0.2) is 0 Å². The van der Waals surface area contributed by atoms with Crippen molar-refractivity contribution in [3.63, 3.8) is 0 Å². The number of aromatic nitrogens is 2. The molecular weight excluding hydrogens is 363 g/mol. The van der Waals surface area contributed by atoms with Gasteiger partial charge >= 0.3 is 5.97 Å². The topological polar surface area (TPSA) is 93.2 Å². The number of nitrogens with zero attached hydrogens (tertiary/aromatic N) is 2. The van der Waals surface area contributed by atoms with Crippen molar-refractivity contribution in [1.82, 2.24) is 9.97 Å². The molecule has 0 aliphatic carbocycles. The van der Waals surface area contributed by atoms with Crippen LogP contribution in [0, 0.1) is 5.82 Å². The number of amides is 1. The normalized spacial score (nSPS) is 10.2. The molecular formula is C20H17FN4O3. The van der Waals surface area contributed by atoms with Gasteiger partial charge in [-0.3, -0.25) is 4.79 Å².